The molecule has 0 fully saturated rings. The molecule has 1 unspecified atom stereocenters. The van der Waals surface area contributed by atoms with E-state index in [0.29, 0.717) is 16.3 Å². The highest BCUT2D eigenvalue weighted by molar-refractivity contribution is 6.31. The molecule has 2 amide bonds. The van der Waals surface area contributed by atoms with Crippen molar-refractivity contribution in [3.05, 3.63) is 28.3 Å². The maximum Gasteiger partial charge on any atom is 0.367 e. The highest BCUT2D eigenvalue weighted by atomic mass is 35.5. The molecule has 0 radical (unpaired) electrons. The summed E-state index contributed by atoms with van der Waals surface area (Å²) in [6.45, 7) is 5.91. The molecule has 1 aliphatic rings. The van der Waals surface area contributed by atoms with Crippen molar-refractivity contribution in [3.8, 4) is 0 Å². The lowest BCUT2D eigenvalue weighted by Crippen LogP contribution is -2.36. The van der Waals surface area contributed by atoms with Crippen molar-refractivity contribution in [2.75, 3.05) is 19.0 Å². The number of anilines is 1. The fraction of sp³-hybridized carbons (Fsp3) is 0.467. The fourth-order valence-electron chi connectivity index (χ4n) is 2.57. The van der Waals surface area contributed by atoms with Crippen LogP contribution in [0.5, 0.6) is 0 Å². The number of urea groups is 1. The minimum atomic E-state index is -0.940. The summed E-state index contributed by atoms with van der Waals surface area (Å²) in [4.78, 5) is 30.0. The smallest absolute Gasteiger partial charge is 0.341 e. The van der Waals surface area contributed by atoms with Gasteiger partial charge in [0.05, 0.1) is 5.69 Å². The van der Waals surface area contributed by atoms with Gasteiger partial charge in [-0.3, -0.25) is 9.74 Å². The van der Waals surface area contributed by atoms with Gasteiger partial charge in [-0.05, 0) is 23.1 Å². The molecule has 1 aliphatic heterocycles. The van der Waals surface area contributed by atoms with Crippen molar-refractivity contribution in [1.29, 1.82) is 0 Å². The Morgan fingerprint density at radius 2 is 2.04 bits per heavy atom. The normalized spacial score (nSPS) is 17.1. The summed E-state index contributed by atoms with van der Waals surface area (Å²) in [6.07, 6.45) is 0. The monoisotopic (exact) mass is 338 g/mol. The minimum Gasteiger partial charge on any atom is -0.341 e. The molecule has 0 saturated heterocycles. The molecule has 2 rings (SSSR count). The molecule has 0 aliphatic carbocycles. The number of amides is 2. The van der Waals surface area contributed by atoms with E-state index >= 15 is 0 Å². The molecule has 1 heterocycles. The van der Waals surface area contributed by atoms with Gasteiger partial charge < -0.3 is 5.32 Å². The SMILES string of the molecule is CNC(=O)N(C)c1ccc(Cl)c(C(C)(C)C)c1C1N=NOC1=O. The van der Waals surface area contributed by atoms with Crippen LogP contribution >= 0.6 is 11.6 Å². The van der Waals surface area contributed by atoms with Gasteiger partial charge in [0.25, 0.3) is 0 Å². The predicted molar refractivity (Wildman–Crippen MR) is 86.7 cm³/mol. The molecule has 0 saturated carbocycles. The van der Waals surface area contributed by atoms with Gasteiger partial charge in [0.1, 0.15) is 0 Å². The molecule has 1 atom stereocenters. The van der Waals surface area contributed by atoms with Crippen LogP contribution in [0.1, 0.15) is 37.9 Å². The maximum atomic E-state index is 12.0. The summed E-state index contributed by atoms with van der Waals surface area (Å²) in [7, 11) is 3.14. The van der Waals surface area contributed by atoms with Crippen molar-refractivity contribution in [3.63, 3.8) is 0 Å². The molecule has 1 aromatic carbocycles. The van der Waals surface area contributed by atoms with Gasteiger partial charge in [-0.15, -0.1) is 5.11 Å². The van der Waals surface area contributed by atoms with Gasteiger partial charge in [0.15, 0.2) is 0 Å². The first-order chi connectivity index (χ1) is 10.7. The van der Waals surface area contributed by atoms with Crippen molar-refractivity contribution >= 4 is 29.3 Å². The minimum absolute atomic E-state index is 0.322. The van der Waals surface area contributed by atoms with Gasteiger partial charge in [0, 0.05) is 30.0 Å². The molecule has 0 bridgehead atoms. The molecule has 0 spiro atoms. The molecule has 1 N–H and O–H groups in total. The third-order valence-corrected chi connectivity index (χ3v) is 3.91. The van der Waals surface area contributed by atoms with Crippen LogP contribution < -0.4 is 10.2 Å². The number of hydrogen-bond donors (Lipinski definition) is 1. The predicted octanol–water partition coefficient (Wildman–Crippen LogP) is 3.38. The zero-order valence-corrected chi connectivity index (χ0v) is 14.4. The van der Waals surface area contributed by atoms with E-state index in [-0.39, 0.29) is 11.4 Å². The molecule has 8 heteroatoms. The Hall–Kier alpha value is -2.15. The van der Waals surface area contributed by atoms with Crippen LogP contribution in [-0.2, 0) is 15.0 Å². The highest BCUT2D eigenvalue weighted by Crippen LogP contribution is 2.43. The maximum absolute atomic E-state index is 12.0. The van der Waals surface area contributed by atoms with Crippen LogP contribution in [0.2, 0.25) is 5.02 Å². The number of rotatable bonds is 2. The van der Waals surface area contributed by atoms with E-state index in [1.165, 1.54) is 11.9 Å². The number of hydrogen-bond acceptors (Lipinski definition) is 5. The largest absolute Gasteiger partial charge is 0.367 e. The summed E-state index contributed by atoms with van der Waals surface area (Å²) < 4.78 is 0. The summed E-state index contributed by atoms with van der Waals surface area (Å²) in [5, 5.41) is 10.3. The molecule has 1 aromatic rings. The Morgan fingerprint density at radius 1 is 1.39 bits per heavy atom. The van der Waals surface area contributed by atoms with E-state index in [0.717, 1.165) is 5.56 Å². The Labute approximate surface area is 139 Å². The van der Waals surface area contributed by atoms with Crippen LogP contribution in [0.15, 0.2) is 22.5 Å². The number of carbonyl (C=O) groups is 2. The average molecular weight is 339 g/mol. The lowest BCUT2D eigenvalue weighted by molar-refractivity contribution is -0.141. The topological polar surface area (TPSA) is 83.4 Å². The second-order valence-electron chi connectivity index (χ2n) is 6.23. The first-order valence-corrected chi connectivity index (χ1v) is 7.45. The Balaban J connectivity index is 2.75. The Bertz CT molecular complexity index is 682. The second-order valence-corrected chi connectivity index (χ2v) is 6.64. The van der Waals surface area contributed by atoms with Crippen LogP contribution in [-0.4, -0.2) is 26.1 Å². The Morgan fingerprint density at radius 3 is 2.52 bits per heavy atom. The lowest BCUT2D eigenvalue weighted by atomic mass is 9.81. The van der Waals surface area contributed by atoms with E-state index < -0.39 is 12.0 Å². The van der Waals surface area contributed by atoms with Crippen LogP contribution in [0.4, 0.5) is 10.5 Å². The van der Waals surface area contributed by atoms with Gasteiger partial charge in [-0.1, -0.05) is 32.4 Å². The van der Waals surface area contributed by atoms with Gasteiger partial charge in [0.2, 0.25) is 6.04 Å². The molecule has 23 heavy (non-hydrogen) atoms. The van der Waals surface area contributed by atoms with E-state index in [9.17, 15) is 9.59 Å². The Kier molecular flexibility index (Phi) is 4.61. The van der Waals surface area contributed by atoms with Crippen molar-refractivity contribution in [1.82, 2.24) is 5.32 Å². The van der Waals surface area contributed by atoms with Crippen molar-refractivity contribution in [2.24, 2.45) is 10.4 Å². The standard InChI is InChI=1S/C15H19ClN4O3/c1-15(2,3)11-8(16)6-7-9(20(5)14(22)17-4)10(11)12-13(21)23-19-18-12/h6-7,12H,1-5H3,(H,17,22). The number of halogens is 1. The first-order valence-electron chi connectivity index (χ1n) is 7.07. The zero-order valence-electron chi connectivity index (χ0n) is 13.7. The molecular weight excluding hydrogens is 320 g/mol. The fourth-order valence-corrected chi connectivity index (χ4v) is 3.02. The summed E-state index contributed by atoms with van der Waals surface area (Å²) in [5.74, 6) is -0.593. The van der Waals surface area contributed by atoms with Crippen LogP contribution in [0.25, 0.3) is 0 Å². The molecule has 7 nitrogen and oxygen atoms in total. The van der Waals surface area contributed by atoms with E-state index in [1.54, 1.807) is 19.2 Å². The van der Waals surface area contributed by atoms with Gasteiger partial charge >= 0.3 is 12.0 Å². The van der Waals surface area contributed by atoms with Gasteiger partial charge in [-0.2, -0.15) is 0 Å². The third kappa shape index (κ3) is 3.14. The van der Waals surface area contributed by atoms with Crippen molar-refractivity contribution < 1.29 is 14.4 Å². The van der Waals surface area contributed by atoms with Gasteiger partial charge in [-0.25, -0.2) is 9.59 Å². The van der Waals surface area contributed by atoms with E-state index in [1.807, 2.05) is 20.8 Å². The van der Waals surface area contributed by atoms with E-state index in [2.05, 4.69) is 20.5 Å². The number of carbonyl (C=O) groups excluding carboxylic acids is 2. The zero-order chi connectivity index (χ0) is 17.4. The highest BCUT2D eigenvalue weighted by Gasteiger charge is 2.37. The number of nitrogens with zero attached hydrogens (tertiary/aromatic N) is 3. The first kappa shape index (κ1) is 17.2. The lowest BCUT2D eigenvalue weighted by Gasteiger charge is -2.29. The van der Waals surface area contributed by atoms with Crippen molar-refractivity contribution in [2.45, 2.75) is 32.2 Å². The summed E-state index contributed by atoms with van der Waals surface area (Å²) >= 11 is 6.39. The number of benzene rings is 1. The average Bonchev–Trinajstić information content (AvgIpc) is 2.89. The van der Waals surface area contributed by atoms with E-state index in [4.69, 9.17) is 11.6 Å². The molecular formula is C15H19ClN4O3. The molecule has 124 valence electrons. The second kappa shape index (κ2) is 6.16. The summed E-state index contributed by atoms with van der Waals surface area (Å²) in [5.41, 5.74) is 1.42. The number of nitrogens with one attached hydrogen (secondary N) is 1. The van der Waals surface area contributed by atoms with Crippen LogP contribution in [0.3, 0.4) is 0 Å². The van der Waals surface area contributed by atoms with Crippen LogP contribution in [0, 0.1) is 0 Å². The summed E-state index contributed by atoms with van der Waals surface area (Å²) in [6, 6.07) is 2.13. The third-order valence-electron chi connectivity index (χ3n) is 3.59. The quantitative estimate of drug-likeness (QED) is 0.897. The molecule has 0 aromatic heterocycles.